The van der Waals surface area contributed by atoms with Crippen LogP contribution in [0.1, 0.15) is 0 Å². The molecule has 0 saturated heterocycles. The van der Waals surface area contributed by atoms with Crippen LogP contribution in [0.15, 0.2) is 12.0 Å². The third-order valence-electron chi connectivity index (χ3n) is 1.14. The third-order valence-corrected chi connectivity index (χ3v) is 3.42. The summed E-state index contributed by atoms with van der Waals surface area (Å²) in [5, 5.41) is 0. The summed E-state index contributed by atoms with van der Waals surface area (Å²) in [6.45, 7) is 3.06. The molecule has 0 heterocycles. The van der Waals surface area contributed by atoms with Crippen LogP contribution in [0.3, 0.4) is 0 Å². The lowest BCUT2D eigenvalue weighted by atomic mass is 11.2. The molecular weight excluding hydrogens is 155 g/mol. The quantitative estimate of drug-likeness (QED) is 0.580. The van der Waals surface area contributed by atoms with Crippen molar-refractivity contribution in [3.8, 4) is 0 Å². The largest absolute Gasteiger partial charge is 0.565 e. The van der Waals surface area contributed by atoms with Crippen molar-refractivity contribution in [1.82, 2.24) is 0 Å². The topological polar surface area (TPSA) is 27.7 Å². The van der Waals surface area contributed by atoms with Crippen molar-refractivity contribution >= 4 is 8.80 Å². The molecule has 0 unspecified atom stereocenters. The van der Waals surface area contributed by atoms with E-state index in [2.05, 4.69) is 6.58 Å². The number of halogens is 1. The molecular formula is C5H11FO3Si. The molecule has 0 bridgehead atoms. The zero-order chi connectivity index (χ0) is 8.20. The predicted molar refractivity (Wildman–Crippen MR) is 37.0 cm³/mol. The Kier molecular flexibility index (Phi) is 3.73. The fourth-order valence-electron chi connectivity index (χ4n) is 0.582. The monoisotopic (exact) mass is 166 g/mol. The van der Waals surface area contributed by atoms with Crippen LogP contribution in [-0.4, -0.2) is 30.1 Å². The summed E-state index contributed by atoms with van der Waals surface area (Å²) in [5.74, 6) is 0. The van der Waals surface area contributed by atoms with E-state index in [4.69, 9.17) is 13.3 Å². The lowest BCUT2D eigenvalue weighted by Crippen LogP contribution is -2.43. The third kappa shape index (κ3) is 1.63. The smallest absolute Gasteiger partial charge is 0.372 e. The summed E-state index contributed by atoms with van der Waals surface area (Å²) in [7, 11) is 0.814. The Labute approximate surface area is 60.8 Å². The van der Waals surface area contributed by atoms with Crippen LogP contribution in [0.5, 0.6) is 0 Å². The Morgan fingerprint density at radius 3 is 1.50 bits per heavy atom. The maximum absolute atomic E-state index is 12.5. The van der Waals surface area contributed by atoms with Gasteiger partial charge in [0.05, 0.1) is 0 Å². The van der Waals surface area contributed by atoms with Crippen LogP contribution >= 0.6 is 0 Å². The molecule has 0 N–H and O–H groups in total. The normalized spacial score (nSPS) is 11.6. The molecule has 0 fully saturated rings. The molecule has 0 radical (unpaired) electrons. The Morgan fingerprint density at radius 2 is 1.50 bits per heavy atom. The molecule has 0 spiro atoms. The van der Waals surface area contributed by atoms with Gasteiger partial charge in [0, 0.05) is 21.3 Å². The Morgan fingerprint density at radius 1 is 1.20 bits per heavy atom. The Bertz CT molecular complexity index is 116. The molecule has 0 aliphatic carbocycles. The van der Waals surface area contributed by atoms with E-state index in [-0.39, 0.29) is 0 Å². The summed E-state index contributed by atoms with van der Waals surface area (Å²) in [5.41, 5.74) is -0.681. The predicted octanol–water partition coefficient (Wildman–Crippen LogP) is 0.887. The van der Waals surface area contributed by atoms with E-state index >= 15 is 0 Å². The van der Waals surface area contributed by atoms with Gasteiger partial charge in [-0.05, 0) is 0 Å². The first kappa shape index (κ1) is 9.77. The van der Waals surface area contributed by atoms with E-state index in [9.17, 15) is 4.39 Å². The van der Waals surface area contributed by atoms with Crippen molar-refractivity contribution in [2.24, 2.45) is 0 Å². The minimum atomic E-state index is -3.16. The second-order valence-corrected chi connectivity index (χ2v) is 4.45. The molecule has 0 aliphatic rings. The summed E-state index contributed by atoms with van der Waals surface area (Å²) in [6, 6.07) is 0. The zero-order valence-corrected chi connectivity index (χ0v) is 7.31. The molecule has 5 heteroatoms. The minimum absolute atomic E-state index is 0.681. The highest BCUT2D eigenvalue weighted by Gasteiger charge is 2.43. The van der Waals surface area contributed by atoms with Gasteiger partial charge in [-0.2, -0.15) is 0 Å². The second kappa shape index (κ2) is 3.82. The van der Waals surface area contributed by atoms with Crippen molar-refractivity contribution in [2.45, 2.75) is 0 Å². The van der Waals surface area contributed by atoms with E-state index in [1.54, 1.807) is 0 Å². The molecule has 3 nitrogen and oxygen atoms in total. The van der Waals surface area contributed by atoms with Gasteiger partial charge in [0.25, 0.3) is 0 Å². The lowest BCUT2D eigenvalue weighted by Gasteiger charge is -2.21. The second-order valence-electron chi connectivity index (χ2n) is 1.57. The summed E-state index contributed by atoms with van der Waals surface area (Å²) >= 11 is 0. The maximum Gasteiger partial charge on any atom is 0.565 e. The fourth-order valence-corrected chi connectivity index (χ4v) is 1.75. The standard InChI is InChI=1S/C5H11FO3Si/c1-5(6)10(7-2,8-3)9-4/h1H2,2-4H3. The summed E-state index contributed by atoms with van der Waals surface area (Å²) in [4.78, 5) is 0. The van der Waals surface area contributed by atoms with Gasteiger partial charge in [-0.25, -0.2) is 4.39 Å². The van der Waals surface area contributed by atoms with E-state index in [1.165, 1.54) is 21.3 Å². The minimum Gasteiger partial charge on any atom is -0.372 e. The van der Waals surface area contributed by atoms with Gasteiger partial charge >= 0.3 is 8.80 Å². The van der Waals surface area contributed by atoms with Crippen LogP contribution in [0.4, 0.5) is 4.39 Å². The van der Waals surface area contributed by atoms with Crippen LogP contribution in [0.2, 0.25) is 0 Å². The van der Waals surface area contributed by atoms with Gasteiger partial charge in [-0.1, -0.05) is 6.58 Å². The van der Waals surface area contributed by atoms with Crippen molar-refractivity contribution in [3.05, 3.63) is 12.0 Å². The van der Waals surface area contributed by atoms with E-state index < -0.39 is 14.3 Å². The van der Waals surface area contributed by atoms with Gasteiger partial charge in [0.1, 0.15) is 0 Å². The Hall–Kier alpha value is -0.233. The zero-order valence-electron chi connectivity index (χ0n) is 6.31. The van der Waals surface area contributed by atoms with Gasteiger partial charge < -0.3 is 13.3 Å². The van der Waals surface area contributed by atoms with Crippen molar-refractivity contribution < 1.29 is 17.7 Å². The van der Waals surface area contributed by atoms with Crippen LogP contribution in [0, 0.1) is 0 Å². The van der Waals surface area contributed by atoms with Crippen LogP contribution in [-0.2, 0) is 13.3 Å². The summed E-state index contributed by atoms with van der Waals surface area (Å²) < 4.78 is 26.7. The highest BCUT2D eigenvalue weighted by molar-refractivity contribution is 6.67. The van der Waals surface area contributed by atoms with Crippen LogP contribution < -0.4 is 0 Å². The highest BCUT2D eigenvalue weighted by atomic mass is 28.4. The maximum atomic E-state index is 12.5. The molecule has 0 aromatic rings. The molecule has 0 atom stereocenters. The van der Waals surface area contributed by atoms with Gasteiger partial charge in [0.2, 0.25) is 0 Å². The molecule has 0 aromatic carbocycles. The van der Waals surface area contributed by atoms with Crippen molar-refractivity contribution in [1.29, 1.82) is 0 Å². The van der Waals surface area contributed by atoms with Crippen molar-refractivity contribution in [3.63, 3.8) is 0 Å². The SMILES string of the molecule is C=C(F)[Si](OC)(OC)OC. The van der Waals surface area contributed by atoms with Crippen LogP contribution in [0.25, 0.3) is 0 Å². The fraction of sp³-hybridized carbons (Fsp3) is 0.600. The van der Waals surface area contributed by atoms with E-state index in [0.29, 0.717) is 0 Å². The van der Waals surface area contributed by atoms with E-state index in [0.717, 1.165) is 0 Å². The van der Waals surface area contributed by atoms with Gasteiger partial charge in [0.15, 0.2) is 5.45 Å². The molecule has 0 aliphatic heterocycles. The molecule has 10 heavy (non-hydrogen) atoms. The lowest BCUT2D eigenvalue weighted by molar-refractivity contribution is 0.126. The Balaban J connectivity index is 4.31. The first-order valence-electron chi connectivity index (χ1n) is 2.63. The first-order valence-corrected chi connectivity index (χ1v) is 4.35. The first-order chi connectivity index (χ1) is 4.63. The molecule has 0 rings (SSSR count). The number of hydrogen-bond donors (Lipinski definition) is 0. The molecule has 0 amide bonds. The van der Waals surface area contributed by atoms with Gasteiger partial charge in [-0.3, -0.25) is 0 Å². The van der Waals surface area contributed by atoms with Crippen molar-refractivity contribution in [2.75, 3.05) is 21.3 Å². The summed E-state index contributed by atoms with van der Waals surface area (Å²) in [6.07, 6.45) is 0. The highest BCUT2D eigenvalue weighted by Crippen LogP contribution is 2.15. The number of hydrogen-bond acceptors (Lipinski definition) is 3. The average Bonchev–Trinajstić information content (AvgIpc) is 1.92. The molecule has 0 aromatic heterocycles. The number of rotatable bonds is 4. The average molecular weight is 166 g/mol. The molecule has 60 valence electrons. The van der Waals surface area contributed by atoms with Gasteiger partial charge in [-0.15, -0.1) is 0 Å². The molecule has 0 saturated carbocycles. The van der Waals surface area contributed by atoms with E-state index in [1.807, 2.05) is 0 Å².